The molecule has 0 aliphatic rings. The largest absolute Gasteiger partial charge is 0.320 e. The van der Waals surface area contributed by atoms with E-state index >= 15 is 0 Å². The van der Waals surface area contributed by atoms with Crippen molar-refractivity contribution < 1.29 is 9.72 Å². The maximum absolute atomic E-state index is 12.5. The molecule has 0 aliphatic carbocycles. The summed E-state index contributed by atoms with van der Waals surface area (Å²) in [6.07, 6.45) is 2.82. The molecule has 0 aliphatic heterocycles. The van der Waals surface area contributed by atoms with Crippen molar-refractivity contribution in [2.45, 2.75) is 26.9 Å². The van der Waals surface area contributed by atoms with Crippen LogP contribution in [-0.4, -0.2) is 30.4 Å². The van der Waals surface area contributed by atoms with Crippen LogP contribution < -0.4 is 5.32 Å². The minimum atomic E-state index is -0.621. The summed E-state index contributed by atoms with van der Waals surface area (Å²) in [7, 11) is 0. The fraction of sp³-hybridized carbons (Fsp3) is 0.235. The molecule has 0 bridgehead atoms. The van der Waals surface area contributed by atoms with Gasteiger partial charge in [0.25, 0.3) is 5.91 Å². The van der Waals surface area contributed by atoms with E-state index in [9.17, 15) is 14.9 Å². The second-order valence-electron chi connectivity index (χ2n) is 5.79. The van der Waals surface area contributed by atoms with E-state index < -0.39 is 10.8 Å². The van der Waals surface area contributed by atoms with Gasteiger partial charge < -0.3 is 5.32 Å². The number of rotatable bonds is 6. The van der Waals surface area contributed by atoms with Crippen molar-refractivity contribution in [1.29, 1.82) is 0 Å². The Bertz CT molecular complexity index is 959. The van der Waals surface area contributed by atoms with Crippen molar-refractivity contribution in [2.75, 3.05) is 5.32 Å². The van der Waals surface area contributed by atoms with Crippen molar-refractivity contribution in [3.63, 3.8) is 0 Å². The highest BCUT2D eigenvalue weighted by Crippen LogP contribution is 2.19. The van der Waals surface area contributed by atoms with Gasteiger partial charge in [-0.25, -0.2) is 0 Å². The summed E-state index contributed by atoms with van der Waals surface area (Å²) in [5.74, 6) is -0.294. The molecule has 1 aromatic carbocycles. The number of nitrogens with one attached hydrogen (secondary N) is 1. The fourth-order valence-electron chi connectivity index (χ4n) is 2.67. The Labute approximate surface area is 149 Å². The van der Waals surface area contributed by atoms with Gasteiger partial charge in [0.2, 0.25) is 5.69 Å². The highest BCUT2D eigenvalue weighted by Gasteiger charge is 2.26. The van der Waals surface area contributed by atoms with Gasteiger partial charge in [0.1, 0.15) is 6.20 Å². The molecular formula is C17H18N6O3. The number of aromatic nitrogens is 4. The third kappa shape index (κ3) is 3.61. The van der Waals surface area contributed by atoms with E-state index in [2.05, 4.69) is 21.6 Å². The number of carbonyl (C=O) groups is 1. The smallest absolute Gasteiger partial charge is 0.304 e. The predicted octanol–water partition coefficient (Wildman–Crippen LogP) is 2.62. The molecule has 0 fully saturated rings. The van der Waals surface area contributed by atoms with Gasteiger partial charge in [-0.15, -0.1) is 0 Å². The van der Waals surface area contributed by atoms with Crippen LogP contribution in [0.2, 0.25) is 0 Å². The molecule has 0 saturated heterocycles. The van der Waals surface area contributed by atoms with Crippen LogP contribution in [0, 0.1) is 17.0 Å². The molecule has 3 rings (SSSR count). The normalized spacial score (nSPS) is 10.7. The van der Waals surface area contributed by atoms with Gasteiger partial charge in [-0.3, -0.25) is 24.3 Å². The molecule has 3 aromatic rings. The van der Waals surface area contributed by atoms with E-state index in [0.717, 1.165) is 17.3 Å². The SMILES string of the molecule is CCn1ncc([N+](=O)[O-])c1C(=O)Nc1ccn(Cc2cccc(C)c2)n1. The lowest BCUT2D eigenvalue weighted by Crippen LogP contribution is -2.19. The van der Waals surface area contributed by atoms with Crippen LogP contribution in [0.4, 0.5) is 11.5 Å². The van der Waals surface area contributed by atoms with Crippen LogP contribution in [-0.2, 0) is 13.1 Å². The van der Waals surface area contributed by atoms with Crippen molar-refractivity contribution in [1.82, 2.24) is 19.6 Å². The number of nitrogens with zero attached hydrogens (tertiary/aromatic N) is 5. The van der Waals surface area contributed by atoms with Gasteiger partial charge in [-0.2, -0.15) is 10.2 Å². The molecule has 2 heterocycles. The summed E-state index contributed by atoms with van der Waals surface area (Å²) in [4.78, 5) is 22.9. The molecule has 0 radical (unpaired) electrons. The first-order valence-corrected chi connectivity index (χ1v) is 8.08. The third-order valence-corrected chi connectivity index (χ3v) is 3.84. The van der Waals surface area contributed by atoms with Gasteiger partial charge in [-0.05, 0) is 19.4 Å². The number of aryl methyl sites for hydroxylation is 2. The minimum absolute atomic E-state index is 0.0919. The van der Waals surface area contributed by atoms with Crippen LogP contribution in [0.3, 0.4) is 0 Å². The number of amides is 1. The summed E-state index contributed by atoms with van der Waals surface area (Å²) in [5.41, 5.74) is 1.82. The quantitative estimate of drug-likeness (QED) is 0.541. The maximum Gasteiger partial charge on any atom is 0.320 e. The molecule has 134 valence electrons. The zero-order valence-electron chi connectivity index (χ0n) is 14.4. The minimum Gasteiger partial charge on any atom is -0.304 e. The first kappa shape index (κ1) is 17.3. The maximum atomic E-state index is 12.5. The Kier molecular flexibility index (Phi) is 4.78. The fourth-order valence-corrected chi connectivity index (χ4v) is 2.67. The van der Waals surface area contributed by atoms with Crippen molar-refractivity contribution in [3.05, 3.63) is 69.7 Å². The summed E-state index contributed by atoms with van der Waals surface area (Å²) in [6.45, 7) is 4.68. The molecule has 1 amide bonds. The topological polar surface area (TPSA) is 108 Å². The lowest BCUT2D eigenvalue weighted by Gasteiger charge is -2.05. The zero-order chi connectivity index (χ0) is 18.7. The lowest BCUT2D eigenvalue weighted by atomic mass is 10.1. The van der Waals surface area contributed by atoms with Crippen molar-refractivity contribution in [2.24, 2.45) is 0 Å². The van der Waals surface area contributed by atoms with Crippen LogP contribution in [0.5, 0.6) is 0 Å². The lowest BCUT2D eigenvalue weighted by molar-refractivity contribution is -0.385. The van der Waals surface area contributed by atoms with E-state index in [1.807, 2.05) is 25.1 Å². The number of hydrogen-bond acceptors (Lipinski definition) is 5. The third-order valence-electron chi connectivity index (χ3n) is 3.84. The van der Waals surface area contributed by atoms with Gasteiger partial charge in [0, 0.05) is 18.8 Å². The first-order chi connectivity index (χ1) is 12.5. The Hall–Kier alpha value is -3.49. The Morgan fingerprint density at radius 1 is 1.35 bits per heavy atom. The van der Waals surface area contributed by atoms with Crippen LogP contribution in [0.25, 0.3) is 0 Å². The first-order valence-electron chi connectivity index (χ1n) is 8.08. The van der Waals surface area contributed by atoms with Gasteiger partial charge in [0.15, 0.2) is 5.82 Å². The molecule has 0 spiro atoms. The standard InChI is InChI=1S/C17H18N6O3/c1-3-22-16(14(10-18-22)23(25)26)17(24)19-15-7-8-21(20-15)11-13-6-4-5-12(2)9-13/h4-10H,3,11H2,1-2H3,(H,19,20,24). The highest BCUT2D eigenvalue weighted by molar-refractivity contribution is 6.05. The van der Waals surface area contributed by atoms with E-state index in [-0.39, 0.29) is 11.4 Å². The van der Waals surface area contributed by atoms with E-state index in [1.54, 1.807) is 23.9 Å². The molecule has 9 heteroatoms. The number of nitro groups is 1. The monoisotopic (exact) mass is 354 g/mol. The molecule has 0 saturated carbocycles. The molecule has 0 unspecified atom stereocenters. The predicted molar refractivity (Wildman–Crippen MR) is 95.0 cm³/mol. The molecule has 1 N–H and O–H groups in total. The van der Waals surface area contributed by atoms with Crippen molar-refractivity contribution in [3.8, 4) is 0 Å². The van der Waals surface area contributed by atoms with Crippen LogP contribution >= 0.6 is 0 Å². The number of benzene rings is 1. The Morgan fingerprint density at radius 2 is 2.15 bits per heavy atom. The highest BCUT2D eigenvalue weighted by atomic mass is 16.6. The molecule has 9 nitrogen and oxygen atoms in total. The molecule has 2 aromatic heterocycles. The second kappa shape index (κ2) is 7.18. The number of hydrogen-bond donors (Lipinski definition) is 1. The summed E-state index contributed by atoms with van der Waals surface area (Å²) >= 11 is 0. The second-order valence-corrected chi connectivity index (χ2v) is 5.79. The number of anilines is 1. The van der Waals surface area contributed by atoms with Gasteiger partial charge in [0.05, 0.1) is 11.5 Å². The van der Waals surface area contributed by atoms with Crippen LogP contribution in [0.15, 0.2) is 42.7 Å². The Balaban J connectivity index is 1.76. The molecule has 26 heavy (non-hydrogen) atoms. The number of carbonyl (C=O) groups excluding carboxylic acids is 1. The average Bonchev–Trinajstić information content (AvgIpc) is 3.21. The average molecular weight is 354 g/mol. The molecule has 0 atom stereocenters. The summed E-state index contributed by atoms with van der Waals surface area (Å²) in [6, 6.07) is 9.69. The summed E-state index contributed by atoms with van der Waals surface area (Å²) in [5, 5.41) is 21.9. The Morgan fingerprint density at radius 3 is 2.85 bits per heavy atom. The van der Waals surface area contributed by atoms with Crippen LogP contribution in [0.1, 0.15) is 28.5 Å². The molecular weight excluding hydrogens is 336 g/mol. The van der Waals surface area contributed by atoms with E-state index in [4.69, 9.17) is 0 Å². The van der Waals surface area contributed by atoms with Crippen molar-refractivity contribution >= 4 is 17.4 Å². The summed E-state index contributed by atoms with van der Waals surface area (Å²) < 4.78 is 2.98. The zero-order valence-corrected chi connectivity index (χ0v) is 14.4. The van der Waals surface area contributed by atoms with Gasteiger partial charge in [-0.1, -0.05) is 29.8 Å². The van der Waals surface area contributed by atoms with Gasteiger partial charge >= 0.3 is 5.69 Å². The van der Waals surface area contributed by atoms with E-state index in [1.165, 1.54) is 4.68 Å². The van der Waals surface area contributed by atoms with E-state index in [0.29, 0.717) is 18.9 Å².